The number of likely N-dealkylation sites (tertiary alicyclic amines) is 2. The Labute approximate surface area is 210 Å². The Bertz CT molecular complexity index is 1290. The number of phenolic OH excluding ortho intramolecular Hbond substituents is 1. The zero-order valence-electron chi connectivity index (χ0n) is 20.2. The third kappa shape index (κ3) is 3.35. The molecule has 12 heteroatoms. The maximum absolute atomic E-state index is 13.5. The van der Waals surface area contributed by atoms with E-state index in [-0.39, 0.29) is 24.3 Å². The van der Waals surface area contributed by atoms with Crippen LogP contribution in [0.4, 0.5) is 9.59 Å². The number of hydrogen-bond donors (Lipinski definition) is 1. The zero-order chi connectivity index (χ0) is 26.8. The lowest BCUT2D eigenvalue weighted by atomic mass is 9.57. The van der Waals surface area contributed by atoms with Crippen molar-refractivity contribution in [2.24, 2.45) is 29.6 Å². The first-order valence-corrected chi connectivity index (χ1v) is 11.6. The third-order valence-corrected chi connectivity index (χ3v) is 7.93. The van der Waals surface area contributed by atoms with Gasteiger partial charge in [-0.1, -0.05) is 17.7 Å². The lowest BCUT2D eigenvalue weighted by Gasteiger charge is -2.44. The Morgan fingerprint density at radius 3 is 2.03 bits per heavy atom. The highest BCUT2D eigenvalue weighted by Crippen LogP contribution is 2.58. The molecule has 4 aliphatic rings. The molecular formula is C25H24N2O10. The van der Waals surface area contributed by atoms with Crippen LogP contribution in [0.25, 0.3) is 0 Å². The summed E-state index contributed by atoms with van der Waals surface area (Å²) in [5, 5.41) is 10.1. The molecule has 3 fully saturated rings. The molecule has 1 N–H and O–H groups in total. The minimum atomic E-state index is -1.11. The van der Waals surface area contributed by atoms with Gasteiger partial charge in [0.2, 0.25) is 23.6 Å². The normalized spacial score (nSPS) is 30.4. The van der Waals surface area contributed by atoms with Crippen molar-refractivity contribution >= 4 is 35.8 Å². The van der Waals surface area contributed by atoms with Crippen molar-refractivity contribution in [1.82, 2.24) is 9.80 Å². The molecule has 6 atom stereocenters. The van der Waals surface area contributed by atoms with E-state index in [1.54, 1.807) is 12.1 Å². The van der Waals surface area contributed by atoms with Crippen LogP contribution in [0.1, 0.15) is 24.3 Å². The molecule has 2 aliphatic heterocycles. The van der Waals surface area contributed by atoms with Crippen LogP contribution in [0, 0.1) is 29.6 Å². The largest absolute Gasteiger partial charge is 0.504 e. The van der Waals surface area contributed by atoms with Gasteiger partial charge in [-0.05, 0) is 36.5 Å². The van der Waals surface area contributed by atoms with Gasteiger partial charge >= 0.3 is 12.2 Å². The summed E-state index contributed by atoms with van der Waals surface area (Å²) in [7, 11) is 3.49. The van der Waals surface area contributed by atoms with Crippen molar-refractivity contribution in [1.29, 1.82) is 0 Å². The minimum Gasteiger partial charge on any atom is -0.504 e. The summed E-state index contributed by atoms with van der Waals surface area (Å²) >= 11 is 0. The second-order valence-electron chi connectivity index (χ2n) is 9.42. The minimum absolute atomic E-state index is 0.0233. The van der Waals surface area contributed by atoms with E-state index >= 15 is 0 Å². The average Bonchev–Trinajstić information content (AvgIpc) is 3.30. The fourth-order valence-electron chi connectivity index (χ4n) is 6.39. The number of rotatable bonds is 2. The molecule has 2 saturated heterocycles. The van der Waals surface area contributed by atoms with E-state index < -0.39 is 71.3 Å². The van der Waals surface area contributed by atoms with E-state index in [2.05, 4.69) is 9.47 Å². The van der Waals surface area contributed by atoms with Gasteiger partial charge in [0.25, 0.3) is 0 Å². The number of aromatic hydroxyl groups is 1. The van der Waals surface area contributed by atoms with E-state index in [1.165, 1.54) is 19.2 Å². The molecule has 1 aromatic rings. The van der Waals surface area contributed by atoms with Crippen LogP contribution in [0.3, 0.4) is 0 Å². The van der Waals surface area contributed by atoms with Gasteiger partial charge in [-0.25, -0.2) is 9.59 Å². The SMILES string of the molecule is COC(=O)N1C(=O)[C@H]2[C@H](CC=C3[C@H]2C[C@H]2C(=O)N(C(=O)OC)C(=O)[C@H]2[C@H]3c2ccc(O)c(OC)c2)C1=O. The first-order chi connectivity index (χ1) is 17.7. The number of methoxy groups -OCH3 is 3. The lowest BCUT2D eigenvalue weighted by molar-refractivity contribution is -0.139. The topological polar surface area (TPSA) is 157 Å². The molecule has 194 valence electrons. The quantitative estimate of drug-likeness (QED) is 0.456. The summed E-state index contributed by atoms with van der Waals surface area (Å²) in [6, 6.07) is 4.50. The molecule has 0 radical (unpaired) electrons. The number of benzene rings is 1. The molecule has 0 unspecified atom stereocenters. The van der Waals surface area contributed by atoms with Crippen LogP contribution in [-0.4, -0.2) is 72.1 Å². The van der Waals surface area contributed by atoms with Crippen molar-refractivity contribution in [3.05, 3.63) is 35.4 Å². The van der Waals surface area contributed by atoms with Gasteiger partial charge in [0.05, 0.1) is 45.0 Å². The summed E-state index contributed by atoms with van der Waals surface area (Å²) in [6.45, 7) is 0. The Kier molecular flexibility index (Phi) is 5.76. The Morgan fingerprint density at radius 1 is 0.838 bits per heavy atom. The van der Waals surface area contributed by atoms with Crippen molar-refractivity contribution < 1.29 is 48.1 Å². The third-order valence-electron chi connectivity index (χ3n) is 7.93. The van der Waals surface area contributed by atoms with E-state index in [4.69, 9.17) is 4.74 Å². The van der Waals surface area contributed by atoms with Crippen molar-refractivity contribution in [2.45, 2.75) is 18.8 Å². The molecule has 12 nitrogen and oxygen atoms in total. The molecule has 0 spiro atoms. The molecule has 37 heavy (non-hydrogen) atoms. The summed E-state index contributed by atoms with van der Waals surface area (Å²) in [4.78, 5) is 78.6. The first-order valence-electron chi connectivity index (χ1n) is 11.6. The summed E-state index contributed by atoms with van der Waals surface area (Å²) < 4.78 is 14.5. The predicted molar refractivity (Wildman–Crippen MR) is 121 cm³/mol. The summed E-state index contributed by atoms with van der Waals surface area (Å²) in [5.41, 5.74) is 1.17. The maximum atomic E-state index is 13.5. The monoisotopic (exact) mass is 512 g/mol. The van der Waals surface area contributed by atoms with E-state index in [0.29, 0.717) is 20.9 Å². The van der Waals surface area contributed by atoms with Crippen LogP contribution >= 0.6 is 0 Å². The van der Waals surface area contributed by atoms with Crippen LogP contribution in [-0.2, 0) is 28.7 Å². The number of allylic oxidation sites excluding steroid dienone is 2. The van der Waals surface area contributed by atoms with Crippen LogP contribution in [0.15, 0.2) is 29.8 Å². The molecule has 0 aromatic heterocycles. The van der Waals surface area contributed by atoms with Gasteiger partial charge in [-0.2, -0.15) is 9.80 Å². The summed E-state index contributed by atoms with van der Waals surface area (Å²) in [5.74, 6) is -8.03. The molecule has 1 aromatic carbocycles. The standard InChI is InChI=1S/C25H24N2O10/c1-35-16-8-10(4-7-15(16)28)17-11-5-6-12-18(22(31)26(20(12)29)24(33)36-2)13(11)9-14-19(17)23(32)27(21(14)30)25(34)37-3/h4-5,7-8,12-14,17-19,28H,6,9H2,1-3H3/t12-,13+,14+,17-,18-,19+/m0/s1. The number of hydrogen-bond acceptors (Lipinski definition) is 10. The first kappa shape index (κ1) is 24.5. The van der Waals surface area contributed by atoms with Gasteiger partial charge in [0, 0.05) is 5.92 Å². The number of fused-ring (bicyclic) bond motifs is 4. The molecule has 0 bridgehead atoms. The van der Waals surface area contributed by atoms with Crippen molar-refractivity contribution in [3.63, 3.8) is 0 Å². The predicted octanol–water partition coefficient (Wildman–Crippen LogP) is 1.57. The average molecular weight is 512 g/mol. The van der Waals surface area contributed by atoms with Gasteiger partial charge in [-0.15, -0.1) is 0 Å². The van der Waals surface area contributed by atoms with Gasteiger partial charge < -0.3 is 19.3 Å². The number of ether oxygens (including phenoxy) is 3. The summed E-state index contributed by atoms with van der Waals surface area (Å²) in [6.07, 6.45) is -0.249. The number of phenols is 1. The van der Waals surface area contributed by atoms with Gasteiger partial charge in [-0.3, -0.25) is 19.2 Å². The second kappa shape index (κ2) is 8.71. The Morgan fingerprint density at radius 2 is 1.43 bits per heavy atom. The zero-order valence-corrected chi connectivity index (χ0v) is 20.2. The van der Waals surface area contributed by atoms with E-state index in [0.717, 1.165) is 14.2 Å². The highest BCUT2D eigenvalue weighted by Gasteiger charge is 2.63. The van der Waals surface area contributed by atoms with Gasteiger partial charge in [0.15, 0.2) is 11.5 Å². The smallest absolute Gasteiger partial charge is 0.423 e. The van der Waals surface area contributed by atoms with Gasteiger partial charge in [0.1, 0.15) is 0 Å². The van der Waals surface area contributed by atoms with E-state index in [1.807, 2.05) is 0 Å². The van der Waals surface area contributed by atoms with Crippen LogP contribution in [0.5, 0.6) is 11.5 Å². The number of carbonyl (C=O) groups is 6. The highest BCUT2D eigenvalue weighted by atomic mass is 16.5. The molecule has 5 rings (SSSR count). The maximum Gasteiger partial charge on any atom is 0.423 e. The molecule has 2 aliphatic carbocycles. The van der Waals surface area contributed by atoms with Crippen molar-refractivity contribution in [2.75, 3.05) is 21.3 Å². The van der Waals surface area contributed by atoms with Crippen LogP contribution in [0.2, 0.25) is 0 Å². The lowest BCUT2D eigenvalue weighted by Crippen LogP contribution is -2.43. The van der Waals surface area contributed by atoms with E-state index in [9.17, 15) is 33.9 Å². The molecule has 6 amide bonds. The number of amides is 6. The molecule has 1 saturated carbocycles. The number of nitrogens with zero attached hydrogens (tertiary/aromatic N) is 2. The second-order valence-corrected chi connectivity index (χ2v) is 9.42. The Balaban J connectivity index is 1.65. The van der Waals surface area contributed by atoms with Crippen molar-refractivity contribution in [3.8, 4) is 11.5 Å². The highest BCUT2D eigenvalue weighted by molar-refractivity contribution is 6.17. The molecular weight excluding hydrogens is 488 g/mol. The molecule has 2 heterocycles. The fraction of sp³-hybridized carbons (Fsp3) is 0.440. The fourth-order valence-corrected chi connectivity index (χ4v) is 6.39. The number of imide groups is 6. The Hall–Kier alpha value is -4.22. The van der Waals surface area contributed by atoms with Crippen LogP contribution < -0.4 is 4.74 Å². The number of carbonyl (C=O) groups excluding carboxylic acids is 6.